The topological polar surface area (TPSA) is 43.7 Å². The maximum atomic E-state index is 9.96. The molecule has 3 heteroatoms. The largest absolute Gasteiger partial charge is 0.353 e. The zero-order valence-corrected chi connectivity index (χ0v) is 15.7. The molecule has 2 N–H and O–H groups in total. The number of hydrogen-bond donors (Lipinski definition) is 2. The molecule has 0 aromatic heterocycles. The van der Waals surface area contributed by atoms with Gasteiger partial charge in [-0.25, -0.2) is 4.90 Å². The van der Waals surface area contributed by atoms with Crippen molar-refractivity contribution in [1.82, 2.24) is 4.90 Å². The predicted octanol–water partition coefficient (Wildman–Crippen LogP) is 5.07. The van der Waals surface area contributed by atoms with Crippen LogP contribution in [-0.2, 0) is 6.54 Å². The van der Waals surface area contributed by atoms with Gasteiger partial charge in [0.1, 0.15) is 0 Å². The van der Waals surface area contributed by atoms with Gasteiger partial charge in [0.15, 0.2) is 0 Å². The Bertz CT molecular complexity index is 400. The zero-order valence-electron chi connectivity index (χ0n) is 15.7. The molecule has 0 fully saturated rings. The highest BCUT2D eigenvalue weighted by molar-refractivity contribution is 5.14. The average Bonchev–Trinajstić information content (AvgIpc) is 2.55. The molecule has 0 aliphatic rings. The minimum Gasteiger partial charge on any atom is -0.353 e. The van der Waals surface area contributed by atoms with Gasteiger partial charge >= 0.3 is 0 Å². The molecule has 0 saturated heterocycles. The van der Waals surface area contributed by atoms with E-state index in [0.717, 1.165) is 24.9 Å². The summed E-state index contributed by atoms with van der Waals surface area (Å²) in [5.41, 5.74) is 1.11. The van der Waals surface area contributed by atoms with Crippen molar-refractivity contribution in [3.8, 4) is 0 Å². The number of nitrogens with zero attached hydrogens (tertiary/aromatic N) is 1. The van der Waals surface area contributed by atoms with Gasteiger partial charge in [0.05, 0.1) is 0 Å². The first kappa shape index (κ1) is 21.1. The first-order valence-corrected chi connectivity index (χ1v) is 9.77. The average molecular weight is 336 g/mol. The molecule has 0 saturated carbocycles. The fraction of sp³-hybridized carbons (Fsp3) is 0.714. The Morgan fingerprint density at radius 2 is 1.29 bits per heavy atom. The second-order valence-electron chi connectivity index (χ2n) is 7.06. The van der Waals surface area contributed by atoms with Crippen molar-refractivity contribution >= 4 is 0 Å². The van der Waals surface area contributed by atoms with E-state index in [9.17, 15) is 10.2 Å². The monoisotopic (exact) mass is 335 g/mol. The Balaban J connectivity index is 2.15. The summed E-state index contributed by atoms with van der Waals surface area (Å²) >= 11 is 0. The van der Waals surface area contributed by atoms with Crippen molar-refractivity contribution in [3.63, 3.8) is 0 Å². The van der Waals surface area contributed by atoms with Gasteiger partial charge in [0, 0.05) is 20.0 Å². The molecular weight excluding hydrogens is 298 g/mol. The molecule has 138 valence electrons. The first-order chi connectivity index (χ1) is 11.5. The number of aliphatic hydroxyl groups is 2. The number of rotatable bonds is 14. The van der Waals surface area contributed by atoms with E-state index in [1.54, 1.807) is 4.90 Å². The van der Waals surface area contributed by atoms with Crippen molar-refractivity contribution < 1.29 is 10.2 Å². The van der Waals surface area contributed by atoms with Crippen LogP contribution in [0.3, 0.4) is 0 Å². The molecule has 1 aromatic carbocycles. The zero-order chi connectivity index (χ0) is 17.7. The van der Waals surface area contributed by atoms with Crippen LogP contribution in [-0.4, -0.2) is 27.6 Å². The van der Waals surface area contributed by atoms with Crippen molar-refractivity contribution in [1.29, 1.82) is 0 Å². The highest BCUT2D eigenvalue weighted by atomic mass is 16.5. The van der Waals surface area contributed by atoms with Crippen molar-refractivity contribution in [2.24, 2.45) is 0 Å². The molecule has 0 bridgehead atoms. The van der Waals surface area contributed by atoms with Crippen molar-refractivity contribution in [2.45, 2.75) is 90.5 Å². The minimum absolute atomic E-state index is 0.571. The minimum atomic E-state index is -1.75. The van der Waals surface area contributed by atoms with Crippen LogP contribution < -0.4 is 0 Å². The maximum absolute atomic E-state index is 9.96. The third-order valence-electron chi connectivity index (χ3n) is 4.60. The van der Waals surface area contributed by atoms with E-state index in [-0.39, 0.29) is 0 Å². The molecular formula is C21H37NO2. The van der Waals surface area contributed by atoms with Crippen molar-refractivity contribution in [3.05, 3.63) is 35.9 Å². The lowest BCUT2D eigenvalue weighted by Crippen LogP contribution is -2.46. The second kappa shape index (κ2) is 12.5. The number of benzene rings is 1. The van der Waals surface area contributed by atoms with Gasteiger partial charge in [0.2, 0.25) is 5.91 Å². The number of unbranched alkanes of at least 4 members (excludes halogenated alkanes) is 9. The fourth-order valence-corrected chi connectivity index (χ4v) is 3.03. The Morgan fingerprint density at radius 3 is 1.79 bits per heavy atom. The summed E-state index contributed by atoms with van der Waals surface area (Å²) in [5.74, 6) is -1.75. The molecule has 1 rings (SSSR count). The molecule has 0 amide bonds. The summed E-state index contributed by atoms with van der Waals surface area (Å²) in [6.07, 6.45) is 12.9. The van der Waals surface area contributed by atoms with Crippen LogP contribution in [0.1, 0.15) is 83.6 Å². The van der Waals surface area contributed by atoms with Gasteiger partial charge in [-0.2, -0.15) is 0 Å². The van der Waals surface area contributed by atoms with Gasteiger partial charge in [0.25, 0.3) is 0 Å². The highest BCUT2D eigenvalue weighted by Crippen LogP contribution is 2.16. The molecule has 0 spiro atoms. The van der Waals surface area contributed by atoms with E-state index in [1.807, 2.05) is 30.3 Å². The molecule has 0 aliphatic carbocycles. The summed E-state index contributed by atoms with van der Waals surface area (Å²) in [6.45, 7) is 4.99. The smallest absolute Gasteiger partial charge is 0.222 e. The van der Waals surface area contributed by atoms with Crippen LogP contribution in [0.15, 0.2) is 30.3 Å². The van der Waals surface area contributed by atoms with E-state index in [4.69, 9.17) is 0 Å². The van der Waals surface area contributed by atoms with Gasteiger partial charge < -0.3 is 10.2 Å². The molecule has 0 radical (unpaired) electrons. The predicted molar refractivity (Wildman–Crippen MR) is 102 cm³/mol. The SMILES string of the molecule is CCCCCCCCCCCCN(Cc1ccccc1)C(C)(O)O. The van der Waals surface area contributed by atoms with E-state index < -0.39 is 5.91 Å². The second-order valence-corrected chi connectivity index (χ2v) is 7.06. The molecule has 0 atom stereocenters. The van der Waals surface area contributed by atoms with Gasteiger partial charge in [-0.15, -0.1) is 0 Å². The molecule has 0 heterocycles. The lowest BCUT2D eigenvalue weighted by atomic mass is 10.1. The Morgan fingerprint density at radius 1 is 0.792 bits per heavy atom. The Labute approximate surface area is 148 Å². The van der Waals surface area contributed by atoms with E-state index in [2.05, 4.69) is 6.92 Å². The van der Waals surface area contributed by atoms with Crippen LogP contribution in [0.25, 0.3) is 0 Å². The van der Waals surface area contributed by atoms with Crippen LogP contribution in [0.5, 0.6) is 0 Å². The normalized spacial score (nSPS) is 12.0. The summed E-state index contributed by atoms with van der Waals surface area (Å²) in [4.78, 5) is 1.74. The van der Waals surface area contributed by atoms with Crippen LogP contribution in [0.2, 0.25) is 0 Å². The lowest BCUT2D eigenvalue weighted by Gasteiger charge is -2.32. The number of hydrogen-bond acceptors (Lipinski definition) is 3. The first-order valence-electron chi connectivity index (χ1n) is 9.77. The van der Waals surface area contributed by atoms with Gasteiger partial charge in [-0.3, -0.25) is 0 Å². The summed E-state index contributed by atoms with van der Waals surface area (Å²) in [7, 11) is 0. The molecule has 0 aliphatic heterocycles. The highest BCUT2D eigenvalue weighted by Gasteiger charge is 2.25. The third-order valence-corrected chi connectivity index (χ3v) is 4.60. The molecule has 0 unspecified atom stereocenters. The lowest BCUT2D eigenvalue weighted by molar-refractivity contribution is -0.254. The van der Waals surface area contributed by atoms with Crippen LogP contribution in [0.4, 0.5) is 0 Å². The Kier molecular flexibility index (Phi) is 11.0. The van der Waals surface area contributed by atoms with E-state index >= 15 is 0 Å². The van der Waals surface area contributed by atoms with Gasteiger partial charge in [-0.1, -0.05) is 95.0 Å². The molecule has 3 nitrogen and oxygen atoms in total. The molecule has 1 aromatic rings. The van der Waals surface area contributed by atoms with E-state index in [0.29, 0.717) is 6.54 Å². The Hall–Kier alpha value is -0.900. The molecule has 24 heavy (non-hydrogen) atoms. The van der Waals surface area contributed by atoms with Crippen LogP contribution in [0, 0.1) is 0 Å². The summed E-state index contributed by atoms with van der Waals surface area (Å²) in [6, 6.07) is 10.0. The van der Waals surface area contributed by atoms with Crippen molar-refractivity contribution in [2.75, 3.05) is 6.54 Å². The van der Waals surface area contributed by atoms with Gasteiger partial charge in [-0.05, 0) is 12.0 Å². The standard InChI is InChI=1S/C21H37NO2/c1-3-4-5-6-7-8-9-10-11-15-18-22(21(2,23)24)19-20-16-13-12-14-17-20/h12-14,16-17,23-24H,3-11,15,18-19H2,1-2H3. The van der Waals surface area contributed by atoms with Crippen LogP contribution >= 0.6 is 0 Å². The maximum Gasteiger partial charge on any atom is 0.222 e. The third kappa shape index (κ3) is 10.1. The van der Waals surface area contributed by atoms with E-state index in [1.165, 1.54) is 58.3 Å². The summed E-state index contributed by atoms with van der Waals surface area (Å²) in [5, 5.41) is 19.9. The fourth-order valence-electron chi connectivity index (χ4n) is 3.03. The summed E-state index contributed by atoms with van der Waals surface area (Å²) < 4.78 is 0. The quantitative estimate of drug-likeness (QED) is 0.368.